The fourth-order valence-corrected chi connectivity index (χ4v) is 3.95. The van der Waals surface area contributed by atoms with Crippen molar-refractivity contribution >= 4 is 52.8 Å². The summed E-state index contributed by atoms with van der Waals surface area (Å²) < 4.78 is 11.5. The molecule has 0 unspecified atom stereocenters. The molecule has 1 heterocycles. The summed E-state index contributed by atoms with van der Waals surface area (Å²) in [7, 11) is 0. The Morgan fingerprint density at radius 2 is 1.69 bits per heavy atom. The van der Waals surface area contributed by atoms with E-state index in [4.69, 9.17) is 32.7 Å². The Bertz CT molecular complexity index is 1340. The fourth-order valence-electron chi connectivity index (χ4n) is 3.48. The third-order valence-electron chi connectivity index (χ3n) is 5.29. The van der Waals surface area contributed by atoms with Crippen molar-refractivity contribution in [1.29, 1.82) is 0 Å². The molecule has 0 saturated carbocycles. The number of rotatable bonds is 8. The number of carbonyl (C=O) groups excluding carboxylic acids is 3. The van der Waals surface area contributed by atoms with Crippen molar-refractivity contribution in [2.75, 3.05) is 11.5 Å². The summed E-state index contributed by atoms with van der Waals surface area (Å²) in [5.74, 6) is -0.469. The van der Waals surface area contributed by atoms with Gasteiger partial charge in [0.15, 0.2) is 0 Å². The number of imide groups is 2. The number of para-hydroxylation sites is 1. The Hall–Kier alpha value is -3.81. The van der Waals surface area contributed by atoms with E-state index in [9.17, 15) is 14.4 Å². The summed E-state index contributed by atoms with van der Waals surface area (Å²) in [6, 6.07) is 17.7. The summed E-state index contributed by atoms with van der Waals surface area (Å²) >= 11 is 12.1. The highest BCUT2D eigenvalue weighted by atomic mass is 35.5. The summed E-state index contributed by atoms with van der Waals surface area (Å²) in [6.45, 7) is 2.68. The largest absolute Gasteiger partial charge is 0.493 e. The number of amides is 4. The van der Waals surface area contributed by atoms with Crippen molar-refractivity contribution in [3.05, 3.63) is 93.5 Å². The molecule has 3 aromatic rings. The van der Waals surface area contributed by atoms with Gasteiger partial charge in [0, 0.05) is 21.2 Å². The van der Waals surface area contributed by atoms with E-state index in [1.54, 1.807) is 66.7 Å². The number of nitrogens with one attached hydrogen (secondary N) is 1. The second-order valence-corrected chi connectivity index (χ2v) is 8.71. The summed E-state index contributed by atoms with van der Waals surface area (Å²) in [5.41, 5.74) is 1.42. The van der Waals surface area contributed by atoms with Gasteiger partial charge in [-0.2, -0.15) is 0 Å². The van der Waals surface area contributed by atoms with Crippen LogP contribution >= 0.6 is 23.2 Å². The predicted molar refractivity (Wildman–Crippen MR) is 138 cm³/mol. The molecule has 3 aromatic carbocycles. The van der Waals surface area contributed by atoms with E-state index in [1.165, 1.54) is 6.08 Å². The topological polar surface area (TPSA) is 84.9 Å². The molecule has 0 spiro atoms. The minimum Gasteiger partial charge on any atom is -0.493 e. The van der Waals surface area contributed by atoms with Crippen molar-refractivity contribution in [3.8, 4) is 11.5 Å². The third kappa shape index (κ3) is 5.70. The zero-order valence-electron chi connectivity index (χ0n) is 19.3. The highest BCUT2D eigenvalue weighted by Gasteiger charge is 2.37. The van der Waals surface area contributed by atoms with Crippen LogP contribution in [0.5, 0.6) is 11.5 Å². The average Bonchev–Trinajstić information content (AvgIpc) is 2.86. The van der Waals surface area contributed by atoms with Gasteiger partial charge >= 0.3 is 6.03 Å². The van der Waals surface area contributed by atoms with Gasteiger partial charge in [0.1, 0.15) is 23.7 Å². The first-order chi connectivity index (χ1) is 17.4. The number of nitrogens with zero attached hydrogens (tertiary/aromatic N) is 1. The van der Waals surface area contributed by atoms with Crippen molar-refractivity contribution in [3.63, 3.8) is 0 Å². The first kappa shape index (κ1) is 25.3. The van der Waals surface area contributed by atoms with Crippen LogP contribution in [0.3, 0.4) is 0 Å². The first-order valence-electron chi connectivity index (χ1n) is 11.2. The minimum atomic E-state index is -0.834. The quantitative estimate of drug-likeness (QED) is 0.287. The number of halogens is 2. The van der Waals surface area contributed by atoms with Crippen LogP contribution in [-0.4, -0.2) is 24.5 Å². The second kappa shape index (κ2) is 11.3. The maximum Gasteiger partial charge on any atom is 0.335 e. The van der Waals surface area contributed by atoms with Crippen molar-refractivity contribution < 1.29 is 23.9 Å². The van der Waals surface area contributed by atoms with E-state index in [-0.39, 0.29) is 17.9 Å². The fraction of sp³-hybridized carbons (Fsp3) is 0.148. The highest BCUT2D eigenvalue weighted by molar-refractivity contribution is 6.39. The van der Waals surface area contributed by atoms with Gasteiger partial charge in [-0.1, -0.05) is 54.4 Å². The molecule has 0 radical (unpaired) electrons. The molecule has 184 valence electrons. The van der Waals surface area contributed by atoms with E-state index < -0.39 is 17.8 Å². The maximum absolute atomic E-state index is 13.2. The van der Waals surface area contributed by atoms with Crippen molar-refractivity contribution in [2.45, 2.75) is 20.0 Å². The first-order valence-corrected chi connectivity index (χ1v) is 11.9. The number of benzene rings is 3. The molecule has 0 aliphatic carbocycles. The average molecular weight is 525 g/mol. The van der Waals surface area contributed by atoms with Crippen LogP contribution < -0.4 is 19.7 Å². The van der Waals surface area contributed by atoms with Gasteiger partial charge in [-0.05, 0) is 55.0 Å². The molecule has 1 aliphatic rings. The predicted octanol–water partition coefficient (Wildman–Crippen LogP) is 6.03. The number of barbiturate groups is 1. The monoisotopic (exact) mass is 524 g/mol. The molecule has 1 saturated heterocycles. The highest BCUT2D eigenvalue weighted by Crippen LogP contribution is 2.28. The van der Waals surface area contributed by atoms with Crippen LogP contribution in [0, 0.1) is 0 Å². The van der Waals surface area contributed by atoms with Crippen LogP contribution in [0.1, 0.15) is 24.5 Å². The smallest absolute Gasteiger partial charge is 0.335 e. The van der Waals surface area contributed by atoms with Gasteiger partial charge in [0.25, 0.3) is 11.8 Å². The van der Waals surface area contributed by atoms with Crippen LogP contribution in [0.4, 0.5) is 10.5 Å². The minimum absolute atomic E-state index is 0.181. The molecular weight excluding hydrogens is 503 g/mol. The van der Waals surface area contributed by atoms with Crippen LogP contribution in [0.2, 0.25) is 10.0 Å². The van der Waals surface area contributed by atoms with E-state index in [1.807, 2.05) is 6.92 Å². The lowest BCUT2D eigenvalue weighted by molar-refractivity contribution is -0.122. The molecule has 0 bridgehead atoms. The lowest BCUT2D eigenvalue weighted by Gasteiger charge is -2.26. The molecule has 1 fully saturated rings. The van der Waals surface area contributed by atoms with E-state index in [2.05, 4.69) is 5.32 Å². The number of anilines is 1. The maximum atomic E-state index is 13.2. The lowest BCUT2D eigenvalue weighted by atomic mass is 10.1. The van der Waals surface area contributed by atoms with Gasteiger partial charge in [-0.15, -0.1) is 0 Å². The van der Waals surface area contributed by atoms with Gasteiger partial charge in [0.2, 0.25) is 0 Å². The summed E-state index contributed by atoms with van der Waals surface area (Å²) in [6.07, 6.45) is 2.23. The lowest BCUT2D eigenvalue weighted by Crippen LogP contribution is -2.54. The van der Waals surface area contributed by atoms with E-state index >= 15 is 0 Å². The molecule has 1 aliphatic heterocycles. The van der Waals surface area contributed by atoms with E-state index in [0.29, 0.717) is 33.7 Å². The molecule has 0 aromatic heterocycles. The molecular formula is C27H22Cl2N2O5. The SMILES string of the molecule is CCCOc1ccccc1/C=C1\C(=O)NC(=O)N(c2ccc(OCc3ccc(Cl)cc3Cl)cc2)C1=O. The van der Waals surface area contributed by atoms with Crippen LogP contribution in [-0.2, 0) is 16.2 Å². The Kier molecular flexibility index (Phi) is 7.93. The van der Waals surface area contributed by atoms with Gasteiger partial charge in [-0.25, -0.2) is 9.69 Å². The molecule has 4 amide bonds. The molecule has 0 atom stereocenters. The number of ether oxygens (including phenoxy) is 2. The van der Waals surface area contributed by atoms with Crippen molar-refractivity contribution in [1.82, 2.24) is 5.32 Å². The molecule has 9 heteroatoms. The second-order valence-electron chi connectivity index (χ2n) is 7.86. The molecule has 36 heavy (non-hydrogen) atoms. The Morgan fingerprint density at radius 1 is 0.944 bits per heavy atom. The van der Waals surface area contributed by atoms with Crippen LogP contribution in [0.15, 0.2) is 72.3 Å². The molecule has 4 rings (SSSR count). The Morgan fingerprint density at radius 3 is 2.42 bits per heavy atom. The normalized spacial score (nSPS) is 14.7. The number of hydrogen-bond acceptors (Lipinski definition) is 5. The van der Waals surface area contributed by atoms with Gasteiger partial charge < -0.3 is 9.47 Å². The van der Waals surface area contributed by atoms with Gasteiger partial charge in [0.05, 0.1) is 12.3 Å². The summed E-state index contributed by atoms with van der Waals surface area (Å²) in [5, 5.41) is 3.24. The Labute approximate surface area is 218 Å². The number of urea groups is 1. The molecule has 1 N–H and O–H groups in total. The third-order valence-corrected chi connectivity index (χ3v) is 5.87. The number of carbonyl (C=O) groups is 3. The standard InChI is InChI=1S/C27H22Cl2N2O5/c1-2-13-35-24-6-4-3-5-17(24)14-22-25(32)30-27(34)31(26(22)33)20-9-11-21(12-10-20)36-16-18-7-8-19(28)15-23(18)29/h3-12,14-15H,2,13,16H2,1H3,(H,30,32,34)/b22-14+. The molecule has 7 nitrogen and oxygen atoms in total. The summed E-state index contributed by atoms with van der Waals surface area (Å²) in [4.78, 5) is 39.2. The van der Waals surface area contributed by atoms with Gasteiger partial charge in [-0.3, -0.25) is 14.9 Å². The Balaban J connectivity index is 1.53. The van der Waals surface area contributed by atoms with Crippen LogP contribution in [0.25, 0.3) is 6.08 Å². The van der Waals surface area contributed by atoms with E-state index in [0.717, 1.165) is 16.9 Å². The zero-order chi connectivity index (χ0) is 25.7. The van der Waals surface area contributed by atoms with Crippen molar-refractivity contribution in [2.24, 2.45) is 0 Å². The zero-order valence-corrected chi connectivity index (χ0v) is 20.8. The number of hydrogen-bond donors (Lipinski definition) is 1.